The summed E-state index contributed by atoms with van der Waals surface area (Å²) in [4.78, 5) is 22.4. The van der Waals surface area contributed by atoms with Crippen molar-refractivity contribution in [2.45, 2.75) is 12.5 Å². The maximum atomic E-state index is 11.3. The number of aliphatic hydroxyl groups excluding tert-OH is 1. The molecule has 6 heteroatoms. The van der Waals surface area contributed by atoms with Gasteiger partial charge in [-0.15, -0.1) is 0 Å². The lowest BCUT2D eigenvalue weighted by Crippen LogP contribution is -2.25. The smallest absolute Gasteiger partial charge is 0.354 e. The van der Waals surface area contributed by atoms with Crippen LogP contribution in [-0.4, -0.2) is 41.9 Å². The zero-order valence-corrected chi connectivity index (χ0v) is 9.97. The Labute approximate surface area is 98.7 Å². The minimum Gasteiger partial charge on any atom is -0.467 e. The Bertz CT molecular complexity index is 423. The summed E-state index contributed by atoms with van der Waals surface area (Å²) in [6.07, 6.45) is -1.15. The van der Waals surface area contributed by atoms with Crippen LogP contribution >= 0.6 is 0 Å². The molecule has 17 heavy (non-hydrogen) atoms. The zero-order chi connectivity index (χ0) is 13.0. The SMILES string of the molecule is COC(=O)c1ccc(CC(O)C(=O)OC)n1C. The number of methoxy groups -OCH3 is 2. The van der Waals surface area contributed by atoms with Gasteiger partial charge in [0.05, 0.1) is 14.2 Å². The van der Waals surface area contributed by atoms with Crippen LogP contribution < -0.4 is 0 Å². The number of carbonyl (C=O) groups excluding carboxylic acids is 2. The molecule has 0 saturated carbocycles. The normalized spacial score (nSPS) is 12.0. The van der Waals surface area contributed by atoms with Crippen LogP contribution in [0, 0.1) is 0 Å². The molecule has 0 aliphatic rings. The minimum atomic E-state index is -1.24. The van der Waals surface area contributed by atoms with Gasteiger partial charge < -0.3 is 19.1 Å². The molecular weight excluding hydrogens is 226 g/mol. The van der Waals surface area contributed by atoms with Crippen LogP contribution in [0.2, 0.25) is 0 Å². The van der Waals surface area contributed by atoms with Gasteiger partial charge >= 0.3 is 11.9 Å². The first-order valence-corrected chi connectivity index (χ1v) is 5.00. The first-order valence-electron chi connectivity index (χ1n) is 5.00. The van der Waals surface area contributed by atoms with E-state index in [2.05, 4.69) is 9.47 Å². The van der Waals surface area contributed by atoms with Crippen molar-refractivity contribution in [1.82, 2.24) is 4.57 Å². The lowest BCUT2D eigenvalue weighted by molar-refractivity contribution is -0.150. The summed E-state index contributed by atoms with van der Waals surface area (Å²) in [5, 5.41) is 9.50. The van der Waals surface area contributed by atoms with Gasteiger partial charge in [-0.3, -0.25) is 0 Å². The van der Waals surface area contributed by atoms with Gasteiger partial charge in [-0.25, -0.2) is 9.59 Å². The van der Waals surface area contributed by atoms with Gasteiger partial charge in [0.25, 0.3) is 0 Å². The number of esters is 2. The van der Waals surface area contributed by atoms with E-state index in [4.69, 9.17) is 0 Å². The Kier molecular flexibility index (Phi) is 4.28. The number of carbonyl (C=O) groups is 2. The lowest BCUT2D eigenvalue weighted by atomic mass is 10.2. The molecular formula is C11H15NO5. The largest absolute Gasteiger partial charge is 0.467 e. The van der Waals surface area contributed by atoms with E-state index in [-0.39, 0.29) is 6.42 Å². The second-order valence-electron chi connectivity index (χ2n) is 3.50. The summed E-state index contributed by atoms with van der Waals surface area (Å²) in [5.41, 5.74) is 1.00. The Morgan fingerprint density at radius 3 is 2.53 bits per heavy atom. The molecule has 0 radical (unpaired) electrons. The summed E-state index contributed by atoms with van der Waals surface area (Å²) in [6.45, 7) is 0. The molecule has 0 saturated heterocycles. The van der Waals surface area contributed by atoms with Gasteiger partial charge in [0.2, 0.25) is 0 Å². The Hall–Kier alpha value is -1.82. The maximum Gasteiger partial charge on any atom is 0.354 e. The van der Waals surface area contributed by atoms with Gasteiger partial charge in [-0.1, -0.05) is 0 Å². The van der Waals surface area contributed by atoms with Gasteiger partial charge in [0, 0.05) is 19.2 Å². The third-order valence-corrected chi connectivity index (χ3v) is 2.50. The zero-order valence-electron chi connectivity index (χ0n) is 9.97. The molecule has 0 aliphatic heterocycles. The predicted octanol–water partition coefficient (Wildman–Crippen LogP) is -0.112. The van der Waals surface area contributed by atoms with Gasteiger partial charge in [0.15, 0.2) is 6.10 Å². The van der Waals surface area contributed by atoms with E-state index < -0.39 is 18.0 Å². The van der Waals surface area contributed by atoms with E-state index in [0.29, 0.717) is 11.4 Å². The Balaban J connectivity index is 2.83. The monoisotopic (exact) mass is 241 g/mol. The third kappa shape index (κ3) is 2.85. The Morgan fingerprint density at radius 1 is 1.35 bits per heavy atom. The second-order valence-corrected chi connectivity index (χ2v) is 3.50. The fourth-order valence-electron chi connectivity index (χ4n) is 1.49. The van der Waals surface area contributed by atoms with Crippen molar-refractivity contribution in [3.63, 3.8) is 0 Å². The van der Waals surface area contributed by atoms with Crippen molar-refractivity contribution in [1.29, 1.82) is 0 Å². The average molecular weight is 241 g/mol. The van der Waals surface area contributed by atoms with Crippen molar-refractivity contribution < 1.29 is 24.2 Å². The number of hydrogen-bond donors (Lipinski definition) is 1. The average Bonchev–Trinajstić information content (AvgIpc) is 2.69. The molecule has 1 heterocycles. The highest BCUT2D eigenvalue weighted by Gasteiger charge is 2.19. The highest BCUT2D eigenvalue weighted by Crippen LogP contribution is 2.11. The molecule has 1 aromatic rings. The highest BCUT2D eigenvalue weighted by molar-refractivity contribution is 5.87. The number of nitrogens with zero attached hydrogens (tertiary/aromatic N) is 1. The van der Waals surface area contributed by atoms with Crippen LogP contribution in [0.1, 0.15) is 16.2 Å². The van der Waals surface area contributed by atoms with Crippen LogP contribution in [0.4, 0.5) is 0 Å². The van der Waals surface area contributed by atoms with Crippen LogP contribution in [0.25, 0.3) is 0 Å². The van der Waals surface area contributed by atoms with Crippen molar-refractivity contribution >= 4 is 11.9 Å². The molecule has 6 nitrogen and oxygen atoms in total. The lowest BCUT2D eigenvalue weighted by Gasteiger charge is -2.10. The standard InChI is InChI=1S/C11H15NO5/c1-12-7(6-9(13)11(15)17-3)4-5-8(12)10(14)16-2/h4-5,9,13H,6H2,1-3H3. The molecule has 1 N–H and O–H groups in total. The van der Waals surface area contributed by atoms with Crippen molar-refractivity contribution in [2.24, 2.45) is 7.05 Å². The molecule has 1 atom stereocenters. The van der Waals surface area contributed by atoms with E-state index >= 15 is 0 Å². The molecule has 1 rings (SSSR count). The molecule has 1 unspecified atom stereocenters. The summed E-state index contributed by atoms with van der Waals surface area (Å²) < 4.78 is 10.6. The molecule has 0 bridgehead atoms. The first kappa shape index (κ1) is 13.2. The van der Waals surface area contributed by atoms with E-state index in [0.717, 1.165) is 0 Å². The van der Waals surface area contributed by atoms with E-state index in [1.807, 2.05) is 0 Å². The Morgan fingerprint density at radius 2 is 2.00 bits per heavy atom. The second kappa shape index (κ2) is 5.49. The predicted molar refractivity (Wildman–Crippen MR) is 58.5 cm³/mol. The number of aliphatic hydroxyl groups is 1. The molecule has 0 aliphatic carbocycles. The van der Waals surface area contributed by atoms with Crippen molar-refractivity contribution in [3.8, 4) is 0 Å². The van der Waals surface area contributed by atoms with Crippen LogP contribution in [-0.2, 0) is 27.7 Å². The summed E-state index contributed by atoms with van der Waals surface area (Å²) >= 11 is 0. The molecule has 1 aromatic heterocycles. The highest BCUT2D eigenvalue weighted by atomic mass is 16.5. The van der Waals surface area contributed by atoms with E-state index in [1.54, 1.807) is 23.7 Å². The third-order valence-electron chi connectivity index (χ3n) is 2.50. The fourth-order valence-corrected chi connectivity index (χ4v) is 1.49. The van der Waals surface area contributed by atoms with Crippen LogP contribution in [0.3, 0.4) is 0 Å². The number of ether oxygens (including phenoxy) is 2. The fraction of sp³-hybridized carbons (Fsp3) is 0.455. The van der Waals surface area contributed by atoms with Crippen LogP contribution in [0.15, 0.2) is 12.1 Å². The van der Waals surface area contributed by atoms with Gasteiger partial charge in [-0.05, 0) is 12.1 Å². The maximum absolute atomic E-state index is 11.3. The molecule has 0 spiro atoms. The van der Waals surface area contributed by atoms with Crippen molar-refractivity contribution in [2.75, 3.05) is 14.2 Å². The van der Waals surface area contributed by atoms with E-state index in [1.165, 1.54) is 14.2 Å². The molecule has 0 aromatic carbocycles. The minimum absolute atomic E-state index is 0.0835. The summed E-state index contributed by atoms with van der Waals surface area (Å²) in [7, 11) is 4.15. The van der Waals surface area contributed by atoms with E-state index in [9.17, 15) is 14.7 Å². The summed E-state index contributed by atoms with van der Waals surface area (Å²) in [6, 6.07) is 3.23. The molecule has 0 fully saturated rings. The summed E-state index contributed by atoms with van der Waals surface area (Å²) in [5.74, 6) is -1.17. The van der Waals surface area contributed by atoms with Crippen LogP contribution in [0.5, 0.6) is 0 Å². The molecule has 0 amide bonds. The van der Waals surface area contributed by atoms with Crippen molar-refractivity contribution in [3.05, 3.63) is 23.5 Å². The number of rotatable bonds is 4. The van der Waals surface area contributed by atoms with Gasteiger partial charge in [-0.2, -0.15) is 0 Å². The molecule has 94 valence electrons. The number of aromatic nitrogens is 1. The quantitative estimate of drug-likeness (QED) is 0.744. The first-order chi connectivity index (χ1) is 8.01. The van der Waals surface area contributed by atoms with Gasteiger partial charge in [0.1, 0.15) is 5.69 Å². The topological polar surface area (TPSA) is 77.8 Å². The number of hydrogen-bond acceptors (Lipinski definition) is 5.